The highest BCUT2D eigenvalue weighted by atomic mass is 16.5. The fourth-order valence-corrected chi connectivity index (χ4v) is 2.12. The second-order valence-corrected chi connectivity index (χ2v) is 4.75. The Bertz CT molecular complexity index is 454. The number of nitrogens with one attached hydrogen (secondary N) is 1. The van der Waals surface area contributed by atoms with Crippen LogP contribution < -0.4 is 10.1 Å². The lowest BCUT2D eigenvalue weighted by Gasteiger charge is -2.31. The number of carbonyl (C=O) groups is 1. The van der Waals surface area contributed by atoms with Crippen LogP contribution in [0.5, 0.6) is 5.75 Å². The minimum Gasteiger partial charge on any atom is -0.497 e. The second-order valence-electron chi connectivity index (χ2n) is 4.75. The number of nitrogens with zero attached hydrogens (tertiary/aromatic N) is 1. The van der Waals surface area contributed by atoms with Gasteiger partial charge in [0.15, 0.2) is 0 Å². The van der Waals surface area contributed by atoms with Gasteiger partial charge >= 0.3 is 0 Å². The molecule has 1 atom stereocenters. The van der Waals surface area contributed by atoms with Gasteiger partial charge in [-0.1, -0.05) is 12.1 Å². The average molecular weight is 260 g/mol. The first-order valence-corrected chi connectivity index (χ1v) is 6.53. The van der Waals surface area contributed by atoms with Crippen LogP contribution in [0.15, 0.2) is 30.3 Å². The molecule has 1 heterocycles. The fraction of sp³-hybridized carbons (Fsp3) is 0.400. The molecule has 0 saturated carbocycles. The van der Waals surface area contributed by atoms with Gasteiger partial charge in [-0.2, -0.15) is 0 Å². The molecule has 0 spiro atoms. The van der Waals surface area contributed by atoms with Gasteiger partial charge in [-0.15, -0.1) is 0 Å². The highest BCUT2D eigenvalue weighted by Gasteiger charge is 2.18. The summed E-state index contributed by atoms with van der Waals surface area (Å²) >= 11 is 0. The predicted molar refractivity (Wildman–Crippen MR) is 76.1 cm³/mol. The van der Waals surface area contributed by atoms with Crippen LogP contribution in [0, 0.1) is 0 Å². The minimum absolute atomic E-state index is 0.0733. The van der Waals surface area contributed by atoms with Crippen molar-refractivity contribution >= 4 is 12.0 Å². The van der Waals surface area contributed by atoms with Crippen molar-refractivity contribution in [3.05, 3.63) is 35.9 Å². The van der Waals surface area contributed by atoms with Crippen LogP contribution in [-0.2, 0) is 4.79 Å². The third-order valence-electron chi connectivity index (χ3n) is 3.21. The highest BCUT2D eigenvalue weighted by molar-refractivity contribution is 5.91. The van der Waals surface area contributed by atoms with E-state index in [1.165, 1.54) is 0 Å². The summed E-state index contributed by atoms with van der Waals surface area (Å²) in [6, 6.07) is 8.01. The van der Waals surface area contributed by atoms with Gasteiger partial charge in [0, 0.05) is 31.8 Å². The number of rotatable bonds is 3. The van der Waals surface area contributed by atoms with Crippen molar-refractivity contribution in [2.24, 2.45) is 0 Å². The molecule has 4 heteroatoms. The van der Waals surface area contributed by atoms with Gasteiger partial charge in [0.05, 0.1) is 7.11 Å². The Hall–Kier alpha value is -1.81. The first-order valence-electron chi connectivity index (χ1n) is 6.53. The molecule has 1 aliphatic rings. The number of ether oxygens (including phenoxy) is 1. The zero-order chi connectivity index (χ0) is 13.7. The van der Waals surface area contributed by atoms with E-state index in [2.05, 4.69) is 12.2 Å². The molecule has 0 unspecified atom stereocenters. The van der Waals surface area contributed by atoms with Crippen molar-refractivity contribution < 1.29 is 9.53 Å². The Kier molecular flexibility index (Phi) is 4.58. The van der Waals surface area contributed by atoms with E-state index in [1.54, 1.807) is 13.2 Å². The van der Waals surface area contributed by atoms with E-state index in [4.69, 9.17) is 4.74 Å². The van der Waals surface area contributed by atoms with Crippen molar-refractivity contribution in [1.29, 1.82) is 0 Å². The first-order chi connectivity index (χ1) is 9.19. The maximum absolute atomic E-state index is 12.0. The zero-order valence-corrected chi connectivity index (χ0v) is 11.4. The molecule has 1 aromatic rings. The van der Waals surface area contributed by atoms with Crippen LogP contribution in [0.25, 0.3) is 6.08 Å². The molecule has 2 rings (SSSR count). The van der Waals surface area contributed by atoms with Crippen LogP contribution >= 0.6 is 0 Å². The minimum atomic E-state index is 0.0733. The second kappa shape index (κ2) is 6.38. The lowest BCUT2D eigenvalue weighted by atomic mass is 10.2. The van der Waals surface area contributed by atoms with E-state index < -0.39 is 0 Å². The van der Waals surface area contributed by atoms with Crippen LogP contribution in [0.4, 0.5) is 0 Å². The lowest BCUT2D eigenvalue weighted by Crippen LogP contribution is -2.50. The monoisotopic (exact) mass is 260 g/mol. The first kappa shape index (κ1) is 13.6. The number of methoxy groups -OCH3 is 1. The molecule has 1 saturated heterocycles. The maximum atomic E-state index is 12.0. The SMILES string of the molecule is COc1ccc(/C=C/C(=O)N2CCN[C@H](C)C2)cc1. The van der Waals surface area contributed by atoms with Gasteiger partial charge in [0.25, 0.3) is 0 Å². The Morgan fingerprint density at radius 3 is 2.79 bits per heavy atom. The highest BCUT2D eigenvalue weighted by Crippen LogP contribution is 2.12. The number of hydrogen-bond acceptors (Lipinski definition) is 3. The molecule has 0 aliphatic carbocycles. The summed E-state index contributed by atoms with van der Waals surface area (Å²) in [6.45, 7) is 4.50. The van der Waals surface area contributed by atoms with Crippen molar-refractivity contribution in [2.75, 3.05) is 26.7 Å². The van der Waals surface area contributed by atoms with Gasteiger partial charge in [-0.05, 0) is 30.7 Å². The zero-order valence-electron chi connectivity index (χ0n) is 11.4. The van der Waals surface area contributed by atoms with E-state index in [9.17, 15) is 4.79 Å². The summed E-state index contributed by atoms with van der Waals surface area (Å²) in [7, 11) is 1.64. The molecule has 1 aromatic carbocycles. The van der Waals surface area contributed by atoms with Crippen LogP contribution in [0.1, 0.15) is 12.5 Å². The molecular weight excluding hydrogens is 240 g/mol. The molecule has 4 nitrogen and oxygen atoms in total. The number of hydrogen-bond donors (Lipinski definition) is 1. The lowest BCUT2D eigenvalue weighted by molar-refractivity contribution is -0.127. The Labute approximate surface area is 114 Å². The Balaban J connectivity index is 1.95. The van der Waals surface area contributed by atoms with Crippen molar-refractivity contribution in [3.63, 3.8) is 0 Å². The third-order valence-corrected chi connectivity index (χ3v) is 3.21. The fourth-order valence-electron chi connectivity index (χ4n) is 2.12. The molecule has 0 radical (unpaired) electrons. The summed E-state index contributed by atoms with van der Waals surface area (Å²) in [6.07, 6.45) is 3.48. The molecule has 0 bridgehead atoms. The van der Waals surface area contributed by atoms with Crippen LogP contribution in [0.2, 0.25) is 0 Å². The molecule has 0 aromatic heterocycles. The average Bonchev–Trinajstić information content (AvgIpc) is 2.45. The molecule has 1 aliphatic heterocycles. The Morgan fingerprint density at radius 2 is 2.16 bits per heavy atom. The topological polar surface area (TPSA) is 41.6 Å². The summed E-state index contributed by atoms with van der Waals surface area (Å²) < 4.78 is 5.10. The smallest absolute Gasteiger partial charge is 0.246 e. The van der Waals surface area contributed by atoms with Crippen molar-refractivity contribution in [1.82, 2.24) is 10.2 Å². The number of piperazine rings is 1. The van der Waals surface area contributed by atoms with Crippen LogP contribution in [-0.4, -0.2) is 43.6 Å². The number of carbonyl (C=O) groups excluding carboxylic acids is 1. The van der Waals surface area contributed by atoms with Gasteiger partial charge in [0.1, 0.15) is 5.75 Å². The van der Waals surface area contributed by atoms with E-state index in [0.29, 0.717) is 6.04 Å². The summed E-state index contributed by atoms with van der Waals surface area (Å²) in [5.41, 5.74) is 0.998. The molecule has 1 fully saturated rings. The van der Waals surface area contributed by atoms with Gasteiger partial charge in [0.2, 0.25) is 5.91 Å². The Morgan fingerprint density at radius 1 is 1.42 bits per heavy atom. The van der Waals surface area contributed by atoms with E-state index in [1.807, 2.05) is 35.2 Å². The van der Waals surface area contributed by atoms with Gasteiger partial charge in [-0.25, -0.2) is 0 Å². The van der Waals surface area contributed by atoms with E-state index >= 15 is 0 Å². The van der Waals surface area contributed by atoms with Gasteiger partial charge < -0.3 is 15.0 Å². The molecule has 1 amide bonds. The normalized spacial score (nSPS) is 19.7. The van der Waals surface area contributed by atoms with Crippen LogP contribution in [0.3, 0.4) is 0 Å². The number of benzene rings is 1. The maximum Gasteiger partial charge on any atom is 0.246 e. The molecule has 102 valence electrons. The largest absolute Gasteiger partial charge is 0.497 e. The molecular formula is C15H20N2O2. The summed E-state index contributed by atoms with van der Waals surface area (Å²) in [5.74, 6) is 0.892. The molecule has 1 N–H and O–H groups in total. The van der Waals surface area contributed by atoms with E-state index in [-0.39, 0.29) is 5.91 Å². The molecule has 19 heavy (non-hydrogen) atoms. The van der Waals surface area contributed by atoms with E-state index in [0.717, 1.165) is 30.9 Å². The number of amides is 1. The summed E-state index contributed by atoms with van der Waals surface area (Å²) in [5, 5.41) is 3.32. The predicted octanol–water partition coefficient (Wildman–Crippen LogP) is 1.53. The third kappa shape index (κ3) is 3.83. The van der Waals surface area contributed by atoms with Crippen molar-refractivity contribution in [3.8, 4) is 5.75 Å². The van der Waals surface area contributed by atoms with Gasteiger partial charge in [-0.3, -0.25) is 4.79 Å². The van der Waals surface area contributed by atoms with Crippen molar-refractivity contribution in [2.45, 2.75) is 13.0 Å². The quantitative estimate of drug-likeness (QED) is 0.838. The summed E-state index contributed by atoms with van der Waals surface area (Å²) in [4.78, 5) is 13.9. The standard InChI is InChI=1S/C15H20N2O2/c1-12-11-17(10-9-16-12)15(18)8-5-13-3-6-14(19-2)7-4-13/h3-8,12,16H,9-11H2,1-2H3/b8-5+/t12-/m1/s1.